The molecule has 3 N–H and O–H groups in total. The fourth-order valence-electron chi connectivity index (χ4n) is 1.97. The lowest BCUT2D eigenvalue weighted by Gasteiger charge is -2.26. The lowest BCUT2D eigenvalue weighted by Crippen LogP contribution is -2.55. The van der Waals surface area contributed by atoms with E-state index in [9.17, 15) is 0 Å². The number of nitrogens with one attached hydrogen (secondary N) is 1. The number of unbranched alkanes of at least 4 members (excludes halogenated alkanes) is 1. The van der Waals surface area contributed by atoms with Crippen molar-refractivity contribution in [2.45, 2.75) is 52.4 Å². The summed E-state index contributed by atoms with van der Waals surface area (Å²) in [5.41, 5.74) is 2.81. The minimum atomic E-state index is 0.713. The summed E-state index contributed by atoms with van der Waals surface area (Å²) in [5, 5.41) is 0. The van der Waals surface area contributed by atoms with Crippen LogP contribution in [0.3, 0.4) is 0 Å². The number of hydrogen-bond acceptors (Lipinski definition) is 2. The molecule has 0 aliphatic carbocycles. The molecule has 92 valence electrons. The van der Waals surface area contributed by atoms with Gasteiger partial charge in [0.2, 0.25) is 0 Å². The first-order valence-corrected chi connectivity index (χ1v) is 6.36. The molecule has 0 bridgehead atoms. The molecule has 0 amide bonds. The third-order valence-corrected chi connectivity index (χ3v) is 3.20. The van der Waals surface area contributed by atoms with E-state index in [0.29, 0.717) is 4.59 Å². The molecule has 0 aromatic carbocycles. The SMILES string of the molecule is CCCC(CC)CCCC[16N+](C)(C)NN. The van der Waals surface area contributed by atoms with Crippen LogP contribution in [0, 0.1) is 5.92 Å². The minimum Gasteiger partial charge on any atom is -0.237 e. The molecule has 0 rings (SSSR count). The predicted molar refractivity (Wildman–Crippen MR) is 66.8 cm³/mol. The van der Waals surface area contributed by atoms with Gasteiger partial charge >= 0.3 is 0 Å². The van der Waals surface area contributed by atoms with Gasteiger partial charge in [0.05, 0.1) is 20.6 Å². The van der Waals surface area contributed by atoms with Crippen LogP contribution in [-0.4, -0.2) is 25.2 Å². The third-order valence-electron chi connectivity index (χ3n) is 3.20. The van der Waals surface area contributed by atoms with Crippen molar-refractivity contribution in [3.8, 4) is 0 Å². The molecule has 1 unspecified atom stereocenters. The van der Waals surface area contributed by atoms with Crippen LogP contribution in [-0.2, 0) is 0 Å². The molecule has 3 heteroatoms. The van der Waals surface area contributed by atoms with Gasteiger partial charge < -0.3 is 0 Å². The van der Waals surface area contributed by atoms with Crippen molar-refractivity contribution in [1.82, 2.24) is 5.53 Å². The van der Waals surface area contributed by atoms with Crippen LogP contribution in [0.2, 0.25) is 0 Å². The van der Waals surface area contributed by atoms with Gasteiger partial charge in [-0.05, 0) is 18.8 Å². The van der Waals surface area contributed by atoms with Crippen molar-refractivity contribution in [1.29, 1.82) is 0 Å². The van der Waals surface area contributed by atoms with Crippen molar-refractivity contribution in [3.05, 3.63) is 0 Å². The number of nitrogens with two attached hydrogens (primary N) is 1. The summed E-state index contributed by atoms with van der Waals surface area (Å²) in [5.74, 6) is 6.39. The van der Waals surface area contributed by atoms with Gasteiger partial charge in [-0.15, -0.1) is 5.53 Å². The van der Waals surface area contributed by atoms with Gasteiger partial charge in [0.1, 0.15) is 0 Å². The van der Waals surface area contributed by atoms with Crippen LogP contribution < -0.4 is 11.4 Å². The van der Waals surface area contributed by atoms with E-state index < -0.39 is 0 Å². The van der Waals surface area contributed by atoms with E-state index in [0.717, 1.165) is 12.5 Å². The molecule has 0 saturated carbocycles. The monoisotopic (exact) mass is 218 g/mol. The van der Waals surface area contributed by atoms with Crippen molar-refractivity contribution in [3.63, 3.8) is 0 Å². The zero-order valence-corrected chi connectivity index (χ0v) is 11.1. The van der Waals surface area contributed by atoms with Gasteiger partial charge in [-0.2, -0.15) is 0 Å². The summed E-state index contributed by atoms with van der Waals surface area (Å²) in [7, 11) is 4.20. The fourth-order valence-corrected chi connectivity index (χ4v) is 1.97. The van der Waals surface area contributed by atoms with Crippen molar-refractivity contribution in [2.75, 3.05) is 20.6 Å². The second-order valence-electron chi connectivity index (χ2n) is 5.10. The van der Waals surface area contributed by atoms with E-state index in [4.69, 9.17) is 5.84 Å². The highest BCUT2D eigenvalue weighted by Crippen LogP contribution is 2.18. The molecule has 15 heavy (non-hydrogen) atoms. The van der Waals surface area contributed by atoms with Gasteiger partial charge in [0.25, 0.3) is 0 Å². The molecule has 0 aromatic heterocycles. The van der Waals surface area contributed by atoms with Crippen molar-refractivity contribution in [2.24, 2.45) is 11.8 Å². The smallest absolute Gasteiger partial charge is 0.0969 e. The molecule has 1 atom stereocenters. The van der Waals surface area contributed by atoms with Crippen LogP contribution >= 0.6 is 0 Å². The van der Waals surface area contributed by atoms with Crippen LogP contribution in [0.1, 0.15) is 52.4 Å². The summed E-state index contributed by atoms with van der Waals surface area (Å²) < 4.78 is 0.713. The van der Waals surface area contributed by atoms with E-state index in [-0.39, 0.29) is 0 Å². The Morgan fingerprint density at radius 2 is 1.80 bits per heavy atom. The van der Waals surface area contributed by atoms with E-state index in [1.54, 1.807) is 0 Å². The first-order chi connectivity index (χ1) is 7.05. The summed E-state index contributed by atoms with van der Waals surface area (Å²) in [6, 6.07) is 0. The zero-order valence-electron chi connectivity index (χ0n) is 11.1. The Kier molecular flexibility index (Phi) is 8.02. The number of nitrogens with zero attached hydrogens (tertiary/aromatic N) is 1. The maximum atomic E-state index is 5.44. The normalized spacial score (nSPS) is 14.2. The average Bonchev–Trinajstić information content (AvgIpc) is 2.22. The molecular formula is C12H30N3+. The topological polar surface area (TPSA) is 38.0 Å². The van der Waals surface area contributed by atoms with Crippen LogP contribution in [0.15, 0.2) is 0 Å². The Hall–Kier alpha value is -0.120. The number of hydrazine groups is 1. The van der Waals surface area contributed by atoms with Crippen molar-refractivity contribution >= 4 is 0 Å². The molecule has 0 aliphatic heterocycles. The average molecular weight is 218 g/mol. The maximum Gasteiger partial charge on any atom is 0.0969 e. The minimum absolute atomic E-state index is 0.713. The molecular weight excluding hydrogens is 188 g/mol. The standard InChI is InChI=1S/C12H30N3/c1-5-9-12(6-2)10-7-8-11-15(3,4)14-13/h12,14H,5-11,13H2,1-4H3/q+1/i15+2. The second kappa shape index (κ2) is 8.08. The molecule has 0 spiro atoms. The Balaban J connectivity index is 3.52. The Morgan fingerprint density at radius 3 is 2.27 bits per heavy atom. The van der Waals surface area contributed by atoms with Crippen molar-refractivity contribution < 1.29 is 4.59 Å². The van der Waals surface area contributed by atoms with Crippen LogP contribution in [0.4, 0.5) is 0 Å². The Labute approximate surface area is 95.6 Å². The zero-order chi connectivity index (χ0) is 11.7. The van der Waals surface area contributed by atoms with Gasteiger partial charge in [-0.1, -0.05) is 39.5 Å². The van der Waals surface area contributed by atoms with Crippen LogP contribution in [0.5, 0.6) is 0 Å². The largest absolute Gasteiger partial charge is 0.237 e. The molecule has 0 fully saturated rings. The van der Waals surface area contributed by atoms with Gasteiger partial charge in [0.15, 0.2) is 0 Å². The van der Waals surface area contributed by atoms with Gasteiger partial charge in [-0.3, -0.25) is 0 Å². The van der Waals surface area contributed by atoms with Crippen LogP contribution in [0.25, 0.3) is 0 Å². The number of rotatable bonds is 9. The quantitative estimate of drug-likeness (QED) is 0.270. The van der Waals surface area contributed by atoms with E-state index in [1.165, 1.54) is 38.5 Å². The summed E-state index contributed by atoms with van der Waals surface area (Å²) in [4.78, 5) is 0. The summed E-state index contributed by atoms with van der Waals surface area (Å²) in [6.07, 6.45) is 8.03. The Morgan fingerprint density at radius 1 is 1.13 bits per heavy atom. The first-order valence-electron chi connectivity index (χ1n) is 6.36. The summed E-state index contributed by atoms with van der Waals surface area (Å²) in [6.45, 7) is 5.70. The summed E-state index contributed by atoms with van der Waals surface area (Å²) >= 11 is 0. The lowest BCUT2D eigenvalue weighted by molar-refractivity contribution is -0.935. The predicted octanol–water partition coefficient (Wildman–Crippen LogP) is 2.44. The molecule has 0 saturated heterocycles. The van der Waals surface area contributed by atoms with E-state index in [1.807, 2.05) is 0 Å². The highest BCUT2D eigenvalue weighted by molar-refractivity contribution is 4.56. The molecule has 0 aliphatic rings. The second-order valence-corrected chi connectivity index (χ2v) is 5.10. The Bertz CT molecular complexity index is 146. The molecule has 0 heterocycles. The highest BCUT2D eigenvalue weighted by atomic mass is 17.0. The lowest BCUT2D eigenvalue weighted by atomic mass is 9.95. The fraction of sp³-hybridized carbons (Fsp3) is 1.00. The van der Waals surface area contributed by atoms with Gasteiger partial charge in [0, 0.05) is 0 Å². The van der Waals surface area contributed by atoms with E-state index >= 15 is 0 Å². The number of hydrogen-bond donors (Lipinski definition) is 2. The third kappa shape index (κ3) is 7.77. The maximum absolute atomic E-state index is 5.44. The first kappa shape index (κ1) is 14.9. The molecule has 3 nitrogen and oxygen atoms in total. The molecule has 0 aromatic rings. The molecule has 0 radical (unpaired) electrons. The van der Waals surface area contributed by atoms with E-state index in [2.05, 4.69) is 33.5 Å². The number of quaternary nitrogens is 1. The highest BCUT2D eigenvalue weighted by Gasteiger charge is 2.12. The van der Waals surface area contributed by atoms with Gasteiger partial charge in [-0.25, -0.2) is 10.4 Å².